The molecule has 0 fully saturated rings. The molecule has 0 heterocycles. The van der Waals surface area contributed by atoms with Crippen molar-refractivity contribution in [3.8, 4) is 0 Å². The molecule has 0 spiro atoms. The summed E-state index contributed by atoms with van der Waals surface area (Å²) >= 11 is 0. The van der Waals surface area contributed by atoms with Crippen LogP contribution in [0.5, 0.6) is 0 Å². The van der Waals surface area contributed by atoms with Crippen LogP contribution in [-0.2, 0) is 11.2 Å². The van der Waals surface area contributed by atoms with Gasteiger partial charge in [0.1, 0.15) is 11.8 Å². The van der Waals surface area contributed by atoms with E-state index in [-0.39, 0.29) is 12.3 Å². The number of carboxylic acids is 1. The lowest BCUT2D eigenvalue weighted by Gasteiger charge is -2.09. The third kappa shape index (κ3) is 2.58. The summed E-state index contributed by atoms with van der Waals surface area (Å²) < 4.78 is 0. The van der Waals surface area contributed by atoms with E-state index in [9.17, 15) is 4.79 Å². The van der Waals surface area contributed by atoms with Gasteiger partial charge in [-0.15, -0.1) is 0 Å². The summed E-state index contributed by atoms with van der Waals surface area (Å²) in [5, 5.41) is 15.9. The summed E-state index contributed by atoms with van der Waals surface area (Å²) in [6.07, 6.45) is 0.269. The first kappa shape index (κ1) is 10.2. The lowest BCUT2D eigenvalue weighted by molar-refractivity contribution is -0.139. The first-order valence-corrected chi connectivity index (χ1v) is 4.22. The molecule has 0 amide bonds. The van der Waals surface area contributed by atoms with Crippen LogP contribution < -0.4 is 5.73 Å². The van der Waals surface area contributed by atoms with Gasteiger partial charge in [0, 0.05) is 0 Å². The summed E-state index contributed by atoms with van der Waals surface area (Å²) in [7, 11) is 0. The monoisotopic (exact) mass is 192 g/mol. The molecule has 0 aliphatic heterocycles. The predicted octanol–water partition coefficient (Wildman–Crippen LogP) is 0.866. The van der Waals surface area contributed by atoms with Crippen LogP contribution in [0, 0.1) is 11.3 Å². The van der Waals surface area contributed by atoms with Crippen LogP contribution in [0.1, 0.15) is 5.56 Å². The number of carboxylic acid groups (broad SMARTS) is 1. The van der Waals surface area contributed by atoms with Gasteiger partial charge in [-0.3, -0.25) is 10.2 Å². The van der Waals surface area contributed by atoms with E-state index in [1.54, 1.807) is 0 Å². The maximum absolute atomic E-state index is 10.7. The number of hydrogen-bond donors (Lipinski definition) is 3. The van der Waals surface area contributed by atoms with Gasteiger partial charge in [0.15, 0.2) is 0 Å². The van der Waals surface area contributed by atoms with Gasteiger partial charge in [-0.2, -0.15) is 0 Å². The van der Waals surface area contributed by atoms with Crippen LogP contribution in [0.15, 0.2) is 30.3 Å². The number of aliphatic carboxylic acids is 1. The molecule has 4 heteroatoms. The molecular weight excluding hydrogens is 180 g/mol. The topological polar surface area (TPSA) is 87.2 Å². The van der Waals surface area contributed by atoms with E-state index in [1.807, 2.05) is 30.3 Å². The van der Waals surface area contributed by atoms with Crippen LogP contribution in [0.4, 0.5) is 0 Å². The van der Waals surface area contributed by atoms with E-state index in [0.29, 0.717) is 0 Å². The Morgan fingerprint density at radius 3 is 2.43 bits per heavy atom. The second-order valence-electron chi connectivity index (χ2n) is 3.04. The smallest absolute Gasteiger partial charge is 0.314 e. The quantitative estimate of drug-likeness (QED) is 0.488. The average molecular weight is 192 g/mol. The van der Waals surface area contributed by atoms with Gasteiger partial charge >= 0.3 is 5.97 Å². The largest absolute Gasteiger partial charge is 0.481 e. The van der Waals surface area contributed by atoms with Gasteiger partial charge in [0.25, 0.3) is 0 Å². The first-order chi connectivity index (χ1) is 6.61. The third-order valence-corrected chi connectivity index (χ3v) is 1.96. The Hall–Kier alpha value is -1.84. The molecule has 1 aromatic carbocycles. The second-order valence-corrected chi connectivity index (χ2v) is 3.04. The van der Waals surface area contributed by atoms with Gasteiger partial charge in [-0.1, -0.05) is 30.3 Å². The van der Waals surface area contributed by atoms with Crippen molar-refractivity contribution in [1.82, 2.24) is 0 Å². The van der Waals surface area contributed by atoms with Gasteiger partial charge in [0.05, 0.1) is 0 Å². The van der Waals surface area contributed by atoms with Crippen molar-refractivity contribution >= 4 is 11.8 Å². The zero-order chi connectivity index (χ0) is 10.6. The lowest BCUT2D eigenvalue weighted by Crippen LogP contribution is -2.31. The average Bonchev–Trinajstić information content (AvgIpc) is 2.15. The number of carbonyl (C=O) groups is 1. The fourth-order valence-corrected chi connectivity index (χ4v) is 1.18. The minimum Gasteiger partial charge on any atom is -0.481 e. The van der Waals surface area contributed by atoms with Crippen molar-refractivity contribution in [2.75, 3.05) is 0 Å². The molecule has 74 valence electrons. The molecule has 1 aromatic rings. The number of amidine groups is 1. The number of hydrogen-bond acceptors (Lipinski definition) is 2. The molecule has 4 N–H and O–H groups in total. The highest BCUT2D eigenvalue weighted by Gasteiger charge is 2.20. The van der Waals surface area contributed by atoms with Crippen molar-refractivity contribution < 1.29 is 9.90 Å². The van der Waals surface area contributed by atoms with Gasteiger partial charge in [-0.05, 0) is 12.0 Å². The number of rotatable bonds is 4. The Labute approximate surface area is 81.9 Å². The van der Waals surface area contributed by atoms with Crippen molar-refractivity contribution in [3.05, 3.63) is 35.9 Å². The molecule has 0 radical (unpaired) electrons. The standard InChI is InChI=1S/C10H12N2O2/c11-9(12)8(10(13)14)6-7-4-2-1-3-5-7/h1-5,8H,6H2,(H3,11,12)(H,13,14). The zero-order valence-corrected chi connectivity index (χ0v) is 7.60. The number of benzene rings is 1. The van der Waals surface area contributed by atoms with Crippen LogP contribution >= 0.6 is 0 Å². The Kier molecular flexibility index (Phi) is 3.23. The SMILES string of the molecule is N=C(N)C(Cc1ccccc1)C(=O)O. The van der Waals surface area contributed by atoms with Gasteiger partial charge in [-0.25, -0.2) is 0 Å². The third-order valence-electron chi connectivity index (χ3n) is 1.96. The Morgan fingerprint density at radius 1 is 1.43 bits per heavy atom. The minimum atomic E-state index is -1.05. The highest BCUT2D eigenvalue weighted by atomic mass is 16.4. The molecule has 0 saturated carbocycles. The Morgan fingerprint density at radius 2 is 2.00 bits per heavy atom. The Bertz CT molecular complexity index is 321. The van der Waals surface area contributed by atoms with Crippen LogP contribution in [0.25, 0.3) is 0 Å². The van der Waals surface area contributed by atoms with E-state index in [2.05, 4.69) is 0 Å². The molecule has 1 atom stereocenters. The number of nitrogens with one attached hydrogen (secondary N) is 1. The maximum Gasteiger partial charge on any atom is 0.314 e. The molecule has 0 saturated heterocycles. The summed E-state index contributed by atoms with van der Waals surface area (Å²) in [5.41, 5.74) is 6.06. The van der Waals surface area contributed by atoms with E-state index in [4.69, 9.17) is 16.2 Å². The second kappa shape index (κ2) is 4.41. The molecule has 4 nitrogen and oxygen atoms in total. The van der Waals surface area contributed by atoms with Gasteiger partial charge < -0.3 is 10.8 Å². The molecule has 0 aromatic heterocycles. The molecule has 1 rings (SSSR count). The van der Waals surface area contributed by atoms with Crippen molar-refractivity contribution in [2.45, 2.75) is 6.42 Å². The predicted molar refractivity (Wildman–Crippen MR) is 53.2 cm³/mol. The van der Waals surface area contributed by atoms with Gasteiger partial charge in [0.2, 0.25) is 0 Å². The Balaban J connectivity index is 2.75. The molecule has 0 aliphatic rings. The minimum absolute atomic E-state index is 0.269. The highest BCUT2D eigenvalue weighted by Crippen LogP contribution is 2.08. The van der Waals surface area contributed by atoms with Crippen LogP contribution in [-0.4, -0.2) is 16.9 Å². The van der Waals surface area contributed by atoms with Crippen LogP contribution in [0.2, 0.25) is 0 Å². The molecule has 0 bridgehead atoms. The fraction of sp³-hybridized carbons (Fsp3) is 0.200. The summed E-state index contributed by atoms with van der Waals surface area (Å²) in [4.78, 5) is 10.7. The molecular formula is C10H12N2O2. The number of nitrogens with two attached hydrogens (primary N) is 1. The zero-order valence-electron chi connectivity index (χ0n) is 7.60. The maximum atomic E-state index is 10.7. The first-order valence-electron chi connectivity index (χ1n) is 4.22. The normalized spacial score (nSPS) is 12.0. The lowest BCUT2D eigenvalue weighted by atomic mass is 9.99. The summed E-state index contributed by atoms with van der Waals surface area (Å²) in [6, 6.07) is 9.15. The van der Waals surface area contributed by atoms with E-state index >= 15 is 0 Å². The summed E-state index contributed by atoms with van der Waals surface area (Å²) in [5.74, 6) is -2.28. The fourth-order valence-electron chi connectivity index (χ4n) is 1.18. The molecule has 1 unspecified atom stereocenters. The molecule has 0 aliphatic carbocycles. The van der Waals surface area contributed by atoms with Crippen molar-refractivity contribution in [1.29, 1.82) is 5.41 Å². The highest BCUT2D eigenvalue weighted by molar-refractivity contribution is 5.97. The van der Waals surface area contributed by atoms with E-state index < -0.39 is 11.9 Å². The molecule has 14 heavy (non-hydrogen) atoms. The summed E-state index contributed by atoms with van der Waals surface area (Å²) in [6.45, 7) is 0. The van der Waals surface area contributed by atoms with Crippen molar-refractivity contribution in [3.63, 3.8) is 0 Å². The van der Waals surface area contributed by atoms with E-state index in [0.717, 1.165) is 5.56 Å². The van der Waals surface area contributed by atoms with E-state index in [1.165, 1.54) is 0 Å². The van der Waals surface area contributed by atoms with Crippen LogP contribution in [0.3, 0.4) is 0 Å². The van der Waals surface area contributed by atoms with Crippen molar-refractivity contribution in [2.24, 2.45) is 11.7 Å².